The first-order valence-electron chi connectivity index (χ1n) is 10.3. The number of nitrogens with zero attached hydrogens (tertiary/aromatic N) is 1. The van der Waals surface area contributed by atoms with Crippen molar-refractivity contribution in [3.63, 3.8) is 0 Å². The van der Waals surface area contributed by atoms with Crippen molar-refractivity contribution >= 4 is 29.0 Å². The smallest absolute Gasteiger partial charge is 0.138 e. The largest absolute Gasteiger partial charge is 0.490 e. The number of aldehydes is 1. The lowest BCUT2D eigenvalue weighted by molar-refractivity contribution is -0.112. The molecule has 0 amide bonds. The van der Waals surface area contributed by atoms with E-state index in [1.54, 1.807) is 26.2 Å². The number of methoxy groups -OCH3 is 1. The Labute approximate surface area is 177 Å². The lowest BCUT2D eigenvalue weighted by atomic mass is 10.0. The number of hydrogen-bond acceptors (Lipinski definition) is 6. The van der Waals surface area contributed by atoms with E-state index in [0.717, 1.165) is 36.3 Å². The zero-order valence-corrected chi connectivity index (χ0v) is 18.1. The highest BCUT2D eigenvalue weighted by Crippen LogP contribution is 2.33. The molecule has 29 heavy (non-hydrogen) atoms. The van der Waals surface area contributed by atoms with E-state index < -0.39 is 0 Å². The van der Waals surface area contributed by atoms with Gasteiger partial charge in [-0.05, 0) is 85.5 Å². The third kappa shape index (κ3) is 6.19. The van der Waals surface area contributed by atoms with Gasteiger partial charge in [0.15, 0.2) is 0 Å². The van der Waals surface area contributed by atoms with E-state index in [9.17, 15) is 9.90 Å². The monoisotopic (exact) mass is 417 g/mol. The zero-order chi connectivity index (χ0) is 20.6. The molecule has 2 unspecified atom stereocenters. The molecule has 2 aromatic carbocycles. The van der Waals surface area contributed by atoms with Crippen molar-refractivity contribution in [2.75, 3.05) is 20.8 Å². The van der Waals surface area contributed by atoms with Gasteiger partial charge in [0.25, 0.3) is 0 Å². The van der Waals surface area contributed by atoms with Crippen LogP contribution in [0.3, 0.4) is 0 Å². The molecular formula is C23H31NO4S. The van der Waals surface area contributed by atoms with Crippen molar-refractivity contribution in [2.45, 2.75) is 61.7 Å². The Balaban J connectivity index is 0.000000755. The second-order valence-corrected chi connectivity index (χ2v) is 8.84. The number of aliphatic hydroxyl groups is 1. The predicted octanol–water partition coefficient (Wildman–Crippen LogP) is 4.46. The summed E-state index contributed by atoms with van der Waals surface area (Å²) in [5.74, 6) is 0.954. The highest BCUT2D eigenvalue weighted by molar-refractivity contribution is 7.97. The second kappa shape index (κ2) is 11.0. The van der Waals surface area contributed by atoms with Gasteiger partial charge in [0.1, 0.15) is 12.0 Å². The molecule has 2 aromatic rings. The summed E-state index contributed by atoms with van der Waals surface area (Å²) >= 11 is 1.60. The third-order valence-electron chi connectivity index (χ3n) is 5.33. The van der Waals surface area contributed by atoms with Crippen molar-refractivity contribution in [1.29, 1.82) is 0 Å². The number of carbonyl (C=O) groups excluding carboxylic acids is 1. The quantitative estimate of drug-likeness (QED) is 0.573. The van der Waals surface area contributed by atoms with E-state index in [0.29, 0.717) is 18.9 Å². The van der Waals surface area contributed by atoms with E-state index in [4.69, 9.17) is 4.74 Å². The van der Waals surface area contributed by atoms with Gasteiger partial charge in [0.05, 0.1) is 18.2 Å². The van der Waals surface area contributed by atoms with Crippen LogP contribution in [-0.4, -0.2) is 54.7 Å². The summed E-state index contributed by atoms with van der Waals surface area (Å²) in [7, 11) is 3.25. The fourth-order valence-corrected chi connectivity index (χ4v) is 4.91. The van der Waals surface area contributed by atoms with Crippen LogP contribution in [0.1, 0.15) is 38.5 Å². The highest BCUT2D eigenvalue weighted by Gasteiger charge is 2.27. The number of aliphatic hydroxyl groups excluding tert-OH is 1. The molecule has 0 spiro atoms. The third-order valence-corrected chi connectivity index (χ3v) is 6.49. The van der Waals surface area contributed by atoms with Crippen LogP contribution < -0.4 is 4.74 Å². The maximum absolute atomic E-state index is 11.3. The highest BCUT2D eigenvalue weighted by atomic mass is 32.2. The fourth-order valence-electron chi connectivity index (χ4n) is 3.86. The van der Waals surface area contributed by atoms with Crippen molar-refractivity contribution in [3.8, 4) is 5.75 Å². The van der Waals surface area contributed by atoms with Gasteiger partial charge in [0, 0.05) is 25.7 Å². The number of fused-ring (bicyclic) bond motifs is 1. The van der Waals surface area contributed by atoms with Crippen LogP contribution in [0.4, 0.5) is 0 Å². The number of benzene rings is 2. The average Bonchev–Trinajstić information content (AvgIpc) is 3.23. The van der Waals surface area contributed by atoms with E-state index in [1.165, 1.54) is 23.6 Å². The molecule has 0 bridgehead atoms. The van der Waals surface area contributed by atoms with Crippen LogP contribution in [0.5, 0.6) is 5.75 Å². The molecule has 6 heteroatoms. The van der Waals surface area contributed by atoms with Crippen molar-refractivity contribution in [2.24, 2.45) is 0 Å². The molecule has 1 aliphatic carbocycles. The standard InChI is InChI=1S/C21H25NO3S.C2H6O/c23-14-17-13-18(24)9-10-22(17)26-21-8-6-15-11-20(7-5-16(15)12-21)25-19-3-1-2-4-19;1-3-2/h5-8,11-12,14,17-19,24H,1-4,9-10,13H2;1-2H3. The maximum atomic E-state index is 11.3. The van der Waals surface area contributed by atoms with Crippen LogP contribution in [0.15, 0.2) is 41.3 Å². The van der Waals surface area contributed by atoms with E-state index >= 15 is 0 Å². The Morgan fingerprint density at radius 3 is 2.48 bits per heavy atom. The molecule has 1 saturated carbocycles. The van der Waals surface area contributed by atoms with Crippen LogP contribution >= 0.6 is 11.9 Å². The Kier molecular flexibility index (Phi) is 8.36. The second-order valence-electron chi connectivity index (χ2n) is 7.72. The molecule has 2 atom stereocenters. The molecule has 2 aliphatic rings. The molecule has 0 aromatic heterocycles. The van der Waals surface area contributed by atoms with Crippen molar-refractivity contribution in [3.05, 3.63) is 36.4 Å². The first-order valence-corrected chi connectivity index (χ1v) is 11.1. The molecule has 1 heterocycles. The molecule has 158 valence electrons. The molecule has 1 saturated heterocycles. The van der Waals surface area contributed by atoms with Crippen molar-refractivity contribution in [1.82, 2.24) is 4.31 Å². The minimum Gasteiger partial charge on any atom is -0.490 e. The van der Waals surface area contributed by atoms with Gasteiger partial charge in [-0.3, -0.25) is 0 Å². The van der Waals surface area contributed by atoms with Gasteiger partial charge in [-0.25, -0.2) is 4.31 Å². The molecule has 0 radical (unpaired) electrons. The van der Waals surface area contributed by atoms with Gasteiger partial charge in [-0.1, -0.05) is 12.1 Å². The number of rotatable bonds is 5. The number of hydrogen-bond donors (Lipinski definition) is 1. The normalized spacial score (nSPS) is 22.9. The Morgan fingerprint density at radius 1 is 1.07 bits per heavy atom. The Hall–Kier alpha value is -1.60. The van der Waals surface area contributed by atoms with Gasteiger partial charge in [0.2, 0.25) is 0 Å². The zero-order valence-electron chi connectivity index (χ0n) is 17.3. The molecule has 1 N–H and O–H groups in total. The van der Waals surface area contributed by atoms with Gasteiger partial charge in [-0.2, -0.15) is 0 Å². The lowest BCUT2D eigenvalue weighted by Gasteiger charge is -2.33. The predicted molar refractivity (Wildman–Crippen MR) is 117 cm³/mol. The first kappa shape index (κ1) is 22.1. The topological polar surface area (TPSA) is 59.0 Å². The van der Waals surface area contributed by atoms with Gasteiger partial charge >= 0.3 is 0 Å². The Bertz CT molecular complexity index is 794. The minimum atomic E-state index is -0.364. The summed E-state index contributed by atoms with van der Waals surface area (Å²) in [5.41, 5.74) is 0. The van der Waals surface area contributed by atoms with E-state index in [2.05, 4.69) is 45.4 Å². The van der Waals surface area contributed by atoms with Crippen LogP contribution in [-0.2, 0) is 9.53 Å². The summed E-state index contributed by atoms with van der Waals surface area (Å²) in [5, 5.41) is 12.1. The summed E-state index contributed by atoms with van der Waals surface area (Å²) in [6.07, 6.45) is 7.06. The van der Waals surface area contributed by atoms with Crippen LogP contribution in [0.2, 0.25) is 0 Å². The Morgan fingerprint density at radius 2 is 1.76 bits per heavy atom. The number of ether oxygens (including phenoxy) is 2. The van der Waals surface area contributed by atoms with Gasteiger partial charge < -0.3 is 19.4 Å². The SMILES string of the molecule is COC.O=CC1CC(O)CCN1Sc1ccc2cc(OC3CCCC3)ccc2c1. The average molecular weight is 418 g/mol. The van der Waals surface area contributed by atoms with Crippen LogP contribution in [0.25, 0.3) is 10.8 Å². The lowest BCUT2D eigenvalue weighted by Crippen LogP contribution is -2.41. The molecular weight excluding hydrogens is 386 g/mol. The summed E-state index contributed by atoms with van der Waals surface area (Å²) < 4.78 is 12.4. The first-order chi connectivity index (χ1) is 14.1. The minimum absolute atomic E-state index is 0.221. The summed E-state index contributed by atoms with van der Waals surface area (Å²) in [6.45, 7) is 0.724. The maximum Gasteiger partial charge on any atom is 0.138 e. The molecule has 5 nitrogen and oxygen atoms in total. The molecule has 4 rings (SSSR count). The fraction of sp³-hybridized carbons (Fsp3) is 0.522. The van der Waals surface area contributed by atoms with Gasteiger partial charge in [-0.15, -0.1) is 0 Å². The van der Waals surface area contributed by atoms with Crippen molar-refractivity contribution < 1.29 is 19.4 Å². The summed E-state index contributed by atoms with van der Waals surface area (Å²) in [6, 6.07) is 12.4. The van der Waals surface area contributed by atoms with E-state index in [1.807, 2.05) is 0 Å². The number of piperidine rings is 1. The molecule has 2 fully saturated rings. The van der Waals surface area contributed by atoms with Crippen LogP contribution in [0, 0.1) is 0 Å². The number of carbonyl (C=O) groups is 1. The van der Waals surface area contributed by atoms with E-state index in [-0.39, 0.29) is 12.1 Å². The summed E-state index contributed by atoms with van der Waals surface area (Å²) in [4.78, 5) is 12.4. The molecule has 1 aliphatic heterocycles.